The summed E-state index contributed by atoms with van der Waals surface area (Å²) in [6.45, 7) is 1.66. The molecule has 0 saturated carbocycles. The highest BCUT2D eigenvalue weighted by Crippen LogP contribution is 2.24. The number of carboxylic acid groups (broad SMARTS) is 1. The van der Waals surface area contributed by atoms with Crippen LogP contribution in [0.5, 0.6) is 0 Å². The fourth-order valence-electron chi connectivity index (χ4n) is 1.71. The summed E-state index contributed by atoms with van der Waals surface area (Å²) in [5, 5.41) is 13.9. The van der Waals surface area contributed by atoms with E-state index in [0.29, 0.717) is 5.69 Å². The molecule has 0 aliphatic carbocycles. The standard InChI is InChI=1S/C13H14N2O4S/c1-8(4-12(17)18)14-11(16)5-10-7-20-13(15-10)9-2-3-19-6-9/h2-3,6-8H,4-5H2,1H3,(H,14,16)(H,17,18). The average molecular weight is 294 g/mol. The number of nitrogens with zero attached hydrogens (tertiary/aromatic N) is 1. The molecule has 2 heterocycles. The second-order valence-corrected chi connectivity index (χ2v) is 5.26. The number of amides is 1. The van der Waals surface area contributed by atoms with Gasteiger partial charge in [0.2, 0.25) is 5.91 Å². The Morgan fingerprint density at radius 1 is 1.55 bits per heavy atom. The van der Waals surface area contributed by atoms with Crippen molar-refractivity contribution >= 4 is 23.2 Å². The van der Waals surface area contributed by atoms with Gasteiger partial charge in [0.1, 0.15) is 11.3 Å². The van der Waals surface area contributed by atoms with Gasteiger partial charge in [-0.25, -0.2) is 4.98 Å². The van der Waals surface area contributed by atoms with E-state index in [1.165, 1.54) is 11.3 Å². The highest BCUT2D eigenvalue weighted by molar-refractivity contribution is 7.13. The first-order chi connectivity index (χ1) is 9.54. The first kappa shape index (κ1) is 14.3. The van der Waals surface area contributed by atoms with Gasteiger partial charge >= 0.3 is 5.97 Å². The van der Waals surface area contributed by atoms with Crippen LogP contribution in [0.15, 0.2) is 28.4 Å². The second kappa shape index (κ2) is 6.33. The molecule has 20 heavy (non-hydrogen) atoms. The number of aromatic nitrogens is 1. The van der Waals surface area contributed by atoms with Crippen LogP contribution in [0.4, 0.5) is 0 Å². The molecular weight excluding hydrogens is 280 g/mol. The molecule has 7 heteroatoms. The summed E-state index contributed by atoms with van der Waals surface area (Å²) in [4.78, 5) is 26.6. The van der Waals surface area contributed by atoms with Gasteiger partial charge in [0, 0.05) is 17.0 Å². The van der Waals surface area contributed by atoms with Gasteiger partial charge in [-0.2, -0.15) is 0 Å². The Hall–Kier alpha value is -2.15. The molecule has 0 saturated heterocycles. The van der Waals surface area contributed by atoms with Crippen LogP contribution >= 0.6 is 11.3 Å². The topological polar surface area (TPSA) is 92.4 Å². The van der Waals surface area contributed by atoms with Crippen LogP contribution in [0.1, 0.15) is 19.0 Å². The van der Waals surface area contributed by atoms with Crippen molar-refractivity contribution in [2.24, 2.45) is 0 Å². The minimum Gasteiger partial charge on any atom is -0.481 e. The maximum atomic E-state index is 11.7. The Balaban J connectivity index is 1.90. The molecule has 1 atom stereocenters. The minimum atomic E-state index is -0.936. The summed E-state index contributed by atoms with van der Waals surface area (Å²) in [5.41, 5.74) is 1.53. The van der Waals surface area contributed by atoms with E-state index in [4.69, 9.17) is 9.52 Å². The Kier molecular flexibility index (Phi) is 4.52. The zero-order valence-corrected chi connectivity index (χ0v) is 11.6. The molecule has 1 amide bonds. The van der Waals surface area contributed by atoms with Crippen molar-refractivity contribution in [2.45, 2.75) is 25.8 Å². The van der Waals surface area contributed by atoms with Crippen LogP contribution in [0.25, 0.3) is 10.6 Å². The van der Waals surface area contributed by atoms with Gasteiger partial charge in [-0.1, -0.05) is 0 Å². The third kappa shape index (κ3) is 3.92. The number of hydrogen-bond acceptors (Lipinski definition) is 5. The van der Waals surface area contributed by atoms with Gasteiger partial charge in [-0.3, -0.25) is 9.59 Å². The number of furan rings is 1. The molecule has 0 fully saturated rings. The van der Waals surface area contributed by atoms with Gasteiger partial charge in [0.05, 0.1) is 24.8 Å². The maximum Gasteiger partial charge on any atom is 0.305 e. The minimum absolute atomic E-state index is 0.0942. The van der Waals surface area contributed by atoms with E-state index in [9.17, 15) is 9.59 Å². The van der Waals surface area contributed by atoms with E-state index in [2.05, 4.69) is 10.3 Å². The number of hydrogen-bond donors (Lipinski definition) is 2. The number of nitrogens with one attached hydrogen (secondary N) is 1. The highest BCUT2D eigenvalue weighted by Gasteiger charge is 2.13. The molecule has 0 spiro atoms. The van der Waals surface area contributed by atoms with Gasteiger partial charge in [0.15, 0.2) is 0 Å². The third-order valence-electron chi connectivity index (χ3n) is 2.55. The number of aliphatic carboxylic acids is 1. The van der Waals surface area contributed by atoms with Crippen molar-refractivity contribution in [3.63, 3.8) is 0 Å². The molecule has 0 radical (unpaired) electrons. The molecule has 2 N–H and O–H groups in total. The predicted molar refractivity (Wildman–Crippen MR) is 73.4 cm³/mol. The van der Waals surface area contributed by atoms with E-state index in [1.807, 2.05) is 5.38 Å². The van der Waals surface area contributed by atoms with Crippen LogP contribution in [0.3, 0.4) is 0 Å². The predicted octanol–water partition coefficient (Wildman–Crippen LogP) is 1.92. The number of carboxylic acids is 1. The zero-order chi connectivity index (χ0) is 14.5. The summed E-state index contributed by atoms with van der Waals surface area (Å²) in [5.74, 6) is -1.17. The molecule has 2 rings (SSSR count). The number of carbonyl (C=O) groups is 2. The Labute approximate surface area is 119 Å². The van der Waals surface area contributed by atoms with Gasteiger partial charge in [-0.15, -0.1) is 11.3 Å². The molecule has 2 aromatic heterocycles. The molecular formula is C13H14N2O4S. The Morgan fingerprint density at radius 3 is 3.00 bits per heavy atom. The lowest BCUT2D eigenvalue weighted by Crippen LogP contribution is -2.35. The molecule has 1 unspecified atom stereocenters. The first-order valence-electron chi connectivity index (χ1n) is 6.02. The van der Waals surface area contributed by atoms with Crippen LogP contribution in [-0.2, 0) is 16.0 Å². The summed E-state index contributed by atoms with van der Waals surface area (Å²) < 4.78 is 4.98. The first-order valence-corrected chi connectivity index (χ1v) is 6.90. The molecule has 0 aromatic carbocycles. The lowest BCUT2D eigenvalue weighted by atomic mass is 10.2. The van der Waals surface area contributed by atoms with Gasteiger partial charge < -0.3 is 14.8 Å². The van der Waals surface area contributed by atoms with Crippen LogP contribution < -0.4 is 5.32 Å². The van der Waals surface area contributed by atoms with Crippen LogP contribution in [-0.4, -0.2) is 28.0 Å². The third-order valence-corrected chi connectivity index (χ3v) is 3.49. The SMILES string of the molecule is CC(CC(=O)O)NC(=O)Cc1csc(-c2ccoc2)n1. The molecule has 0 aliphatic rings. The number of carbonyl (C=O) groups excluding carboxylic acids is 1. The number of thiazole rings is 1. The summed E-state index contributed by atoms with van der Waals surface area (Å²) in [6.07, 6.45) is 3.20. The maximum absolute atomic E-state index is 11.7. The largest absolute Gasteiger partial charge is 0.481 e. The quantitative estimate of drug-likeness (QED) is 0.849. The van der Waals surface area contributed by atoms with E-state index >= 15 is 0 Å². The monoisotopic (exact) mass is 294 g/mol. The Bertz CT molecular complexity index is 591. The van der Waals surface area contributed by atoms with Crippen molar-refractivity contribution in [3.8, 4) is 10.6 Å². The van der Waals surface area contributed by atoms with E-state index in [-0.39, 0.29) is 18.7 Å². The zero-order valence-electron chi connectivity index (χ0n) is 10.8. The summed E-state index contributed by atoms with van der Waals surface area (Å²) >= 11 is 1.43. The lowest BCUT2D eigenvalue weighted by molar-refractivity contribution is -0.137. The molecule has 106 valence electrons. The average Bonchev–Trinajstić information content (AvgIpc) is 2.96. The van der Waals surface area contributed by atoms with Crippen LogP contribution in [0.2, 0.25) is 0 Å². The van der Waals surface area contributed by atoms with Crippen molar-refractivity contribution in [1.82, 2.24) is 10.3 Å². The van der Waals surface area contributed by atoms with Crippen LogP contribution in [0, 0.1) is 0 Å². The van der Waals surface area contributed by atoms with E-state index < -0.39 is 12.0 Å². The lowest BCUT2D eigenvalue weighted by Gasteiger charge is -2.10. The fraction of sp³-hybridized carbons (Fsp3) is 0.308. The second-order valence-electron chi connectivity index (χ2n) is 4.40. The molecule has 6 nitrogen and oxygen atoms in total. The normalized spacial score (nSPS) is 12.1. The number of rotatable bonds is 6. The van der Waals surface area contributed by atoms with Gasteiger partial charge in [0.25, 0.3) is 0 Å². The molecule has 0 aliphatic heterocycles. The van der Waals surface area contributed by atoms with Crippen molar-refractivity contribution in [3.05, 3.63) is 29.7 Å². The summed E-state index contributed by atoms with van der Waals surface area (Å²) in [6, 6.07) is 1.41. The Morgan fingerprint density at radius 2 is 2.35 bits per heavy atom. The smallest absolute Gasteiger partial charge is 0.305 e. The van der Waals surface area contributed by atoms with Crippen molar-refractivity contribution < 1.29 is 19.1 Å². The van der Waals surface area contributed by atoms with E-state index in [0.717, 1.165) is 10.6 Å². The summed E-state index contributed by atoms with van der Waals surface area (Å²) in [7, 11) is 0. The molecule has 0 bridgehead atoms. The van der Waals surface area contributed by atoms with Crippen molar-refractivity contribution in [2.75, 3.05) is 0 Å². The molecule has 2 aromatic rings. The van der Waals surface area contributed by atoms with Crippen molar-refractivity contribution in [1.29, 1.82) is 0 Å². The van der Waals surface area contributed by atoms with E-state index in [1.54, 1.807) is 25.5 Å². The van der Waals surface area contributed by atoms with Gasteiger partial charge in [-0.05, 0) is 13.0 Å². The fourth-order valence-corrected chi connectivity index (χ4v) is 2.52. The highest BCUT2D eigenvalue weighted by atomic mass is 32.1.